The highest BCUT2D eigenvalue weighted by Crippen LogP contribution is 2.19. The highest BCUT2D eigenvalue weighted by atomic mass is 16.2. The van der Waals surface area contributed by atoms with Crippen molar-refractivity contribution in [2.75, 3.05) is 26.2 Å². The molecule has 0 spiro atoms. The number of fused-ring (bicyclic) bond motifs is 1. The maximum absolute atomic E-state index is 12.5. The molecule has 0 unspecified atom stereocenters. The van der Waals surface area contributed by atoms with Crippen molar-refractivity contribution in [2.24, 2.45) is 0 Å². The summed E-state index contributed by atoms with van der Waals surface area (Å²) in [5.41, 5.74) is 2.74. The largest absolute Gasteiger partial charge is 0.396 e. The molecule has 0 saturated heterocycles. The molecule has 0 radical (unpaired) electrons. The summed E-state index contributed by atoms with van der Waals surface area (Å²) in [5.74, 6) is -0.0171. The van der Waals surface area contributed by atoms with E-state index in [4.69, 9.17) is 5.11 Å². The quantitative estimate of drug-likeness (QED) is 0.755. The zero-order valence-corrected chi connectivity index (χ0v) is 12.8. The molecule has 0 saturated carbocycles. The molecule has 1 aliphatic heterocycles. The average molecular weight is 294 g/mol. The van der Waals surface area contributed by atoms with Gasteiger partial charge in [-0.25, -0.2) is 0 Å². The van der Waals surface area contributed by atoms with Gasteiger partial charge in [0.15, 0.2) is 0 Å². The molecule has 0 bridgehead atoms. The van der Waals surface area contributed by atoms with Crippen molar-refractivity contribution in [1.82, 2.24) is 20.4 Å². The van der Waals surface area contributed by atoms with Crippen LogP contribution in [0.15, 0.2) is 0 Å². The van der Waals surface area contributed by atoms with Crippen molar-refractivity contribution < 1.29 is 9.90 Å². The van der Waals surface area contributed by atoms with Crippen molar-refractivity contribution in [3.63, 3.8) is 0 Å². The van der Waals surface area contributed by atoms with E-state index in [-0.39, 0.29) is 12.5 Å². The number of aromatic nitrogens is 2. The van der Waals surface area contributed by atoms with Crippen LogP contribution in [0.3, 0.4) is 0 Å². The van der Waals surface area contributed by atoms with E-state index in [2.05, 4.69) is 15.7 Å². The van der Waals surface area contributed by atoms with Crippen LogP contribution in [0.1, 0.15) is 47.9 Å². The maximum atomic E-state index is 12.5. The Morgan fingerprint density at radius 1 is 1.29 bits per heavy atom. The van der Waals surface area contributed by atoms with Crippen LogP contribution in [0, 0.1) is 0 Å². The molecule has 118 valence electrons. The lowest BCUT2D eigenvalue weighted by Gasteiger charge is -2.08. The SMILES string of the molecule is CCn1nc(CCCO)c2c1C(=O)NCCCNCCC2. The first-order valence-electron chi connectivity index (χ1n) is 7.96. The third-order valence-electron chi connectivity index (χ3n) is 3.82. The highest BCUT2D eigenvalue weighted by Gasteiger charge is 2.22. The van der Waals surface area contributed by atoms with Crippen LogP contribution in [-0.4, -0.2) is 47.0 Å². The predicted molar refractivity (Wildman–Crippen MR) is 81.4 cm³/mol. The first-order chi connectivity index (χ1) is 10.3. The summed E-state index contributed by atoms with van der Waals surface area (Å²) in [6.45, 7) is 5.43. The topological polar surface area (TPSA) is 79.2 Å². The number of carbonyl (C=O) groups excluding carboxylic acids is 1. The number of carbonyl (C=O) groups is 1. The van der Waals surface area contributed by atoms with E-state index < -0.39 is 0 Å². The molecule has 0 fully saturated rings. The lowest BCUT2D eigenvalue weighted by atomic mass is 10.0. The Kier molecular flexibility index (Phi) is 6.20. The standard InChI is InChI=1S/C15H26N4O2/c1-2-19-14-12(13(18-19)7-4-11-20)6-3-8-16-9-5-10-17-15(14)21/h16,20H,2-11H2,1H3,(H,17,21). The summed E-state index contributed by atoms with van der Waals surface area (Å²) < 4.78 is 1.81. The molecule has 1 aromatic heterocycles. The van der Waals surface area contributed by atoms with Crippen molar-refractivity contribution >= 4 is 5.91 Å². The lowest BCUT2D eigenvalue weighted by Crippen LogP contribution is -2.29. The highest BCUT2D eigenvalue weighted by molar-refractivity contribution is 5.94. The minimum absolute atomic E-state index is 0.0171. The molecule has 6 heteroatoms. The van der Waals surface area contributed by atoms with Crippen molar-refractivity contribution in [1.29, 1.82) is 0 Å². The van der Waals surface area contributed by atoms with Gasteiger partial charge in [0.1, 0.15) is 5.69 Å². The Balaban J connectivity index is 2.31. The average Bonchev–Trinajstić information content (AvgIpc) is 2.83. The van der Waals surface area contributed by atoms with Crippen LogP contribution in [0.2, 0.25) is 0 Å². The molecule has 2 heterocycles. The molecular formula is C15H26N4O2. The van der Waals surface area contributed by atoms with Gasteiger partial charge < -0.3 is 15.7 Å². The first-order valence-corrected chi connectivity index (χ1v) is 7.96. The number of hydrogen-bond donors (Lipinski definition) is 3. The molecule has 2 rings (SSSR count). The second kappa shape index (κ2) is 8.14. The summed E-state index contributed by atoms with van der Waals surface area (Å²) in [6, 6.07) is 0. The van der Waals surface area contributed by atoms with Gasteiger partial charge in [-0.1, -0.05) is 0 Å². The summed E-state index contributed by atoms with van der Waals surface area (Å²) in [7, 11) is 0. The maximum Gasteiger partial charge on any atom is 0.269 e. The van der Waals surface area contributed by atoms with Gasteiger partial charge in [-0.15, -0.1) is 0 Å². The fourth-order valence-corrected chi connectivity index (χ4v) is 2.76. The van der Waals surface area contributed by atoms with Crippen LogP contribution < -0.4 is 10.6 Å². The van der Waals surface area contributed by atoms with E-state index in [0.29, 0.717) is 25.2 Å². The molecular weight excluding hydrogens is 268 g/mol. The molecule has 1 aromatic rings. The predicted octanol–water partition coefficient (Wildman–Crippen LogP) is 0.484. The smallest absolute Gasteiger partial charge is 0.269 e. The van der Waals surface area contributed by atoms with Gasteiger partial charge in [-0.2, -0.15) is 5.10 Å². The fourth-order valence-electron chi connectivity index (χ4n) is 2.76. The van der Waals surface area contributed by atoms with Crippen LogP contribution in [0.4, 0.5) is 0 Å². The van der Waals surface area contributed by atoms with E-state index in [9.17, 15) is 4.79 Å². The summed E-state index contributed by atoms with van der Waals surface area (Å²) in [6.07, 6.45) is 4.22. The van der Waals surface area contributed by atoms with Gasteiger partial charge in [0.2, 0.25) is 0 Å². The number of aryl methyl sites for hydroxylation is 2. The third-order valence-corrected chi connectivity index (χ3v) is 3.82. The number of aliphatic hydroxyl groups excluding tert-OH is 1. The minimum Gasteiger partial charge on any atom is -0.396 e. The van der Waals surface area contributed by atoms with E-state index in [1.165, 1.54) is 0 Å². The van der Waals surface area contributed by atoms with Crippen molar-refractivity contribution in [3.8, 4) is 0 Å². The van der Waals surface area contributed by atoms with E-state index in [0.717, 1.165) is 50.0 Å². The van der Waals surface area contributed by atoms with Crippen molar-refractivity contribution in [3.05, 3.63) is 17.0 Å². The monoisotopic (exact) mass is 294 g/mol. The normalized spacial score (nSPS) is 17.0. The molecule has 1 amide bonds. The van der Waals surface area contributed by atoms with Gasteiger partial charge in [0.25, 0.3) is 5.91 Å². The number of nitrogens with one attached hydrogen (secondary N) is 2. The summed E-state index contributed by atoms with van der Waals surface area (Å²) in [5, 5.41) is 20.0. The van der Waals surface area contributed by atoms with Crippen molar-refractivity contribution in [2.45, 2.75) is 45.6 Å². The van der Waals surface area contributed by atoms with Gasteiger partial charge in [0, 0.05) is 25.3 Å². The Bertz CT molecular complexity index is 470. The van der Waals surface area contributed by atoms with Gasteiger partial charge in [-0.05, 0) is 52.1 Å². The van der Waals surface area contributed by atoms with Gasteiger partial charge in [0.05, 0.1) is 5.69 Å². The minimum atomic E-state index is -0.0171. The molecule has 1 aliphatic rings. The molecule has 6 nitrogen and oxygen atoms in total. The van der Waals surface area contributed by atoms with E-state index in [1.807, 2.05) is 11.6 Å². The zero-order valence-electron chi connectivity index (χ0n) is 12.8. The van der Waals surface area contributed by atoms with Crippen LogP contribution in [0.5, 0.6) is 0 Å². The number of rotatable bonds is 4. The zero-order chi connectivity index (χ0) is 15.1. The number of nitrogens with zero attached hydrogens (tertiary/aromatic N) is 2. The second-order valence-corrected chi connectivity index (χ2v) is 5.38. The Morgan fingerprint density at radius 3 is 2.86 bits per heavy atom. The summed E-state index contributed by atoms with van der Waals surface area (Å²) >= 11 is 0. The Morgan fingerprint density at radius 2 is 2.10 bits per heavy atom. The third kappa shape index (κ3) is 4.04. The van der Waals surface area contributed by atoms with Gasteiger partial charge in [-0.3, -0.25) is 9.48 Å². The van der Waals surface area contributed by atoms with Gasteiger partial charge >= 0.3 is 0 Å². The second-order valence-electron chi connectivity index (χ2n) is 5.38. The van der Waals surface area contributed by atoms with E-state index >= 15 is 0 Å². The lowest BCUT2D eigenvalue weighted by molar-refractivity contribution is 0.0942. The summed E-state index contributed by atoms with van der Waals surface area (Å²) in [4.78, 5) is 12.5. The Labute approximate surface area is 125 Å². The molecule has 0 aliphatic carbocycles. The molecule has 0 aromatic carbocycles. The number of aliphatic hydroxyl groups is 1. The van der Waals surface area contributed by atoms with Crippen LogP contribution in [0.25, 0.3) is 0 Å². The fraction of sp³-hybridized carbons (Fsp3) is 0.733. The number of amides is 1. The van der Waals surface area contributed by atoms with E-state index in [1.54, 1.807) is 0 Å². The first kappa shape index (κ1) is 16.0. The molecule has 21 heavy (non-hydrogen) atoms. The number of hydrogen-bond acceptors (Lipinski definition) is 4. The van der Waals surface area contributed by atoms with Crippen LogP contribution in [-0.2, 0) is 19.4 Å². The molecule has 0 atom stereocenters. The molecule has 3 N–H and O–H groups in total. The van der Waals surface area contributed by atoms with Crippen LogP contribution >= 0.6 is 0 Å². The Hall–Kier alpha value is -1.40.